The number of nitrogens with one attached hydrogen (secondary N) is 2. The van der Waals surface area contributed by atoms with Crippen molar-refractivity contribution in [2.75, 3.05) is 5.32 Å². The fourth-order valence-electron chi connectivity index (χ4n) is 3.11. The smallest absolute Gasteiger partial charge is 0.339 e. The third-order valence-electron chi connectivity index (χ3n) is 4.62. The lowest BCUT2D eigenvalue weighted by molar-refractivity contribution is -0.124. The van der Waals surface area contributed by atoms with Crippen molar-refractivity contribution in [2.45, 2.75) is 19.4 Å². The van der Waals surface area contributed by atoms with E-state index in [-0.39, 0.29) is 0 Å². The minimum absolute atomic E-state index is 0.331. The van der Waals surface area contributed by atoms with Crippen LogP contribution in [0.1, 0.15) is 23.7 Å². The summed E-state index contributed by atoms with van der Waals surface area (Å²) in [6.07, 6.45) is 0.965. The number of fused-ring (bicyclic) bond motifs is 1. The van der Waals surface area contributed by atoms with Gasteiger partial charge in [-0.2, -0.15) is 0 Å². The molecule has 7 nitrogen and oxygen atoms in total. The van der Waals surface area contributed by atoms with Crippen LogP contribution < -0.4 is 5.32 Å². The summed E-state index contributed by atoms with van der Waals surface area (Å²) < 4.78 is 5.54. The Balaban J connectivity index is 1.56. The lowest BCUT2D eigenvalue weighted by Crippen LogP contribution is -2.32. The van der Waals surface area contributed by atoms with Crippen LogP contribution in [0.3, 0.4) is 0 Å². The van der Waals surface area contributed by atoms with E-state index in [4.69, 9.17) is 4.74 Å². The second-order valence-corrected chi connectivity index (χ2v) is 6.65. The molecule has 2 N–H and O–H groups in total. The summed E-state index contributed by atoms with van der Waals surface area (Å²) >= 11 is 0. The zero-order chi connectivity index (χ0) is 20.9. The van der Waals surface area contributed by atoms with E-state index in [1.54, 1.807) is 49.5 Å². The Labute approximate surface area is 173 Å². The van der Waals surface area contributed by atoms with Crippen molar-refractivity contribution >= 4 is 28.7 Å². The molecule has 150 valence electrons. The third-order valence-corrected chi connectivity index (χ3v) is 4.62. The fraction of sp³-hybridized carbons (Fsp3) is 0.130. The number of ether oxygens (including phenoxy) is 1. The van der Waals surface area contributed by atoms with Gasteiger partial charge in [-0.05, 0) is 36.8 Å². The SMILES string of the molecule is CCC(OC(=O)c1ccccc1-c1nc2ccccc2[nH]1)C(=O)Nc1ccccn1. The predicted octanol–water partition coefficient (Wildman–Crippen LogP) is 4.20. The molecular formula is C23H20N4O3. The Bertz CT molecular complexity index is 1150. The van der Waals surface area contributed by atoms with Crippen LogP contribution in [0.2, 0.25) is 0 Å². The fourth-order valence-corrected chi connectivity index (χ4v) is 3.11. The summed E-state index contributed by atoms with van der Waals surface area (Å²) in [6, 6.07) is 19.8. The molecule has 0 fully saturated rings. The number of anilines is 1. The van der Waals surface area contributed by atoms with Crippen molar-refractivity contribution in [3.63, 3.8) is 0 Å². The number of pyridine rings is 1. The minimum Gasteiger partial charge on any atom is -0.449 e. The summed E-state index contributed by atoms with van der Waals surface area (Å²) in [6.45, 7) is 1.78. The number of hydrogen-bond donors (Lipinski definition) is 2. The molecule has 0 aliphatic heterocycles. The lowest BCUT2D eigenvalue weighted by Gasteiger charge is -2.16. The van der Waals surface area contributed by atoms with Gasteiger partial charge in [0.1, 0.15) is 11.6 Å². The largest absolute Gasteiger partial charge is 0.449 e. The van der Waals surface area contributed by atoms with E-state index < -0.39 is 18.0 Å². The highest BCUT2D eigenvalue weighted by Crippen LogP contribution is 2.25. The molecule has 4 aromatic rings. The van der Waals surface area contributed by atoms with Gasteiger partial charge in [-0.15, -0.1) is 0 Å². The van der Waals surface area contributed by atoms with Crippen LogP contribution in [-0.2, 0) is 9.53 Å². The van der Waals surface area contributed by atoms with E-state index in [0.717, 1.165) is 11.0 Å². The van der Waals surface area contributed by atoms with Gasteiger partial charge in [0.25, 0.3) is 5.91 Å². The first-order valence-corrected chi connectivity index (χ1v) is 9.62. The van der Waals surface area contributed by atoms with E-state index in [0.29, 0.717) is 29.2 Å². The van der Waals surface area contributed by atoms with Crippen molar-refractivity contribution in [3.8, 4) is 11.4 Å². The summed E-state index contributed by atoms with van der Waals surface area (Å²) in [5.74, 6) is -0.0470. The first-order chi connectivity index (χ1) is 14.7. The molecule has 7 heteroatoms. The predicted molar refractivity (Wildman–Crippen MR) is 114 cm³/mol. The molecule has 2 aromatic carbocycles. The standard InChI is InChI=1S/C23H20N4O3/c1-2-19(22(28)27-20-13-7-8-14-24-20)30-23(29)16-10-4-3-9-15(16)21-25-17-11-5-6-12-18(17)26-21/h3-14,19H,2H2,1H3,(H,25,26)(H,24,27,28). The molecule has 2 aromatic heterocycles. The number of H-pyrrole nitrogens is 1. The number of esters is 1. The van der Waals surface area contributed by atoms with Crippen LogP contribution in [0.25, 0.3) is 22.4 Å². The van der Waals surface area contributed by atoms with Gasteiger partial charge >= 0.3 is 5.97 Å². The van der Waals surface area contributed by atoms with Crippen molar-refractivity contribution < 1.29 is 14.3 Å². The van der Waals surface area contributed by atoms with Gasteiger partial charge in [0.15, 0.2) is 6.10 Å². The van der Waals surface area contributed by atoms with E-state index in [1.807, 2.05) is 30.3 Å². The van der Waals surface area contributed by atoms with Gasteiger partial charge < -0.3 is 15.0 Å². The molecule has 0 aliphatic rings. The molecule has 2 heterocycles. The summed E-state index contributed by atoms with van der Waals surface area (Å²) in [7, 11) is 0. The average Bonchev–Trinajstić information content (AvgIpc) is 3.22. The zero-order valence-electron chi connectivity index (χ0n) is 16.3. The van der Waals surface area contributed by atoms with Crippen LogP contribution in [-0.4, -0.2) is 32.9 Å². The first-order valence-electron chi connectivity index (χ1n) is 9.62. The molecule has 0 spiro atoms. The Morgan fingerprint density at radius 1 is 1.03 bits per heavy atom. The molecule has 30 heavy (non-hydrogen) atoms. The number of nitrogens with zero attached hydrogens (tertiary/aromatic N) is 2. The summed E-state index contributed by atoms with van der Waals surface area (Å²) in [5.41, 5.74) is 2.62. The van der Waals surface area contributed by atoms with E-state index >= 15 is 0 Å². The highest BCUT2D eigenvalue weighted by molar-refractivity contribution is 6.00. The van der Waals surface area contributed by atoms with Crippen molar-refractivity contribution in [3.05, 3.63) is 78.5 Å². The normalized spacial score (nSPS) is 11.8. The topological polar surface area (TPSA) is 97.0 Å². The summed E-state index contributed by atoms with van der Waals surface area (Å²) in [5, 5.41) is 2.67. The number of hydrogen-bond acceptors (Lipinski definition) is 5. The maximum absolute atomic E-state index is 12.9. The lowest BCUT2D eigenvalue weighted by atomic mass is 10.1. The highest BCUT2D eigenvalue weighted by atomic mass is 16.5. The molecule has 1 amide bonds. The molecule has 1 unspecified atom stereocenters. The van der Waals surface area contributed by atoms with Crippen LogP contribution in [0.15, 0.2) is 72.9 Å². The maximum atomic E-state index is 12.9. The number of aromatic amines is 1. The number of rotatable bonds is 6. The highest BCUT2D eigenvalue weighted by Gasteiger charge is 2.24. The van der Waals surface area contributed by atoms with Gasteiger partial charge in [-0.3, -0.25) is 4.79 Å². The number of para-hydroxylation sites is 2. The number of benzene rings is 2. The van der Waals surface area contributed by atoms with Gasteiger partial charge in [0.2, 0.25) is 0 Å². The van der Waals surface area contributed by atoms with E-state index in [2.05, 4.69) is 20.3 Å². The van der Waals surface area contributed by atoms with Crippen molar-refractivity contribution in [1.82, 2.24) is 15.0 Å². The monoisotopic (exact) mass is 400 g/mol. The van der Waals surface area contributed by atoms with Gasteiger partial charge in [-0.1, -0.05) is 43.3 Å². The number of aromatic nitrogens is 3. The van der Waals surface area contributed by atoms with Crippen LogP contribution >= 0.6 is 0 Å². The molecular weight excluding hydrogens is 380 g/mol. The zero-order valence-corrected chi connectivity index (χ0v) is 16.3. The van der Waals surface area contributed by atoms with E-state index in [9.17, 15) is 9.59 Å². The quantitative estimate of drug-likeness (QED) is 0.473. The Hall–Kier alpha value is -4.00. The molecule has 4 rings (SSSR count). The molecule has 0 radical (unpaired) electrons. The number of imidazole rings is 1. The van der Waals surface area contributed by atoms with Crippen molar-refractivity contribution in [2.24, 2.45) is 0 Å². The molecule has 0 bridgehead atoms. The average molecular weight is 400 g/mol. The molecule has 0 aliphatic carbocycles. The van der Waals surface area contributed by atoms with Gasteiger partial charge in [0.05, 0.1) is 16.6 Å². The Morgan fingerprint density at radius 3 is 2.57 bits per heavy atom. The molecule has 0 saturated carbocycles. The first kappa shape index (κ1) is 19.3. The van der Waals surface area contributed by atoms with Crippen LogP contribution in [0, 0.1) is 0 Å². The Kier molecular flexibility index (Phi) is 5.52. The second kappa shape index (κ2) is 8.57. The number of carbonyl (C=O) groups excluding carboxylic acids is 2. The van der Waals surface area contributed by atoms with Crippen molar-refractivity contribution in [1.29, 1.82) is 0 Å². The molecule has 0 saturated heterocycles. The number of amides is 1. The van der Waals surface area contributed by atoms with Gasteiger partial charge in [-0.25, -0.2) is 14.8 Å². The molecule has 1 atom stereocenters. The van der Waals surface area contributed by atoms with Gasteiger partial charge in [0, 0.05) is 11.8 Å². The minimum atomic E-state index is -0.941. The maximum Gasteiger partial charge on any atom is 0.339 e. The van der Waals surface area contributed by atoms with Crippen LogP contribution in [0.4, 0.5) is 5.82 Å². The Morgan fingerprint density at radius 2 is 1.80 bits per heavy atom. The second-order valence-electron chi connectivity index (χ2n) is 6.65. The van der Waals surface area contributed by atoms with E-state index in [1.165, 1.54) is 0 Å². The number of carbonyl (C=O) groups is 2. The van der Waals surface area contributed by atoms with Crippen LogP contribution in [0.5, 0.6) is 0 Å². The summed E-state index contributed by atoms with van der Waals surface area (Å²) in [4.78, 5) is 37.3. The third kappa shape index (κ3) is 4.05.